The molecule has 1 atom stereocenters. The number of imidazole rings is 1. The van der Waals surface area contributed by atoms with Crippen molar-refractivity contribution in [3.05, 3.63) is 72.1 Å². The van der Waals surface area contributed by atoms with Gasteiger partial charge in [-0.15, -0.1) is 0 Å². The summed E-state index contributed by atoms with van der Waals surface area (Å²) in [5.41, 5.74) is 3.25. The summed E-state index contributed by atoms with van der Waals surface area (Å²) in [6.45, 7) is 6.16. The van der Waals surface area contributed by atoms with E-state index in [9.17, 15) is 10.1 Å². The molecule has 28 heavy (non-hydrogen) atoms. The number of aromatic nitrogens is 2. The van der Waals surface area contributed by atoms with Gasteiger partial charge in [-0.05, 0) is 42.7 Å². The third kappa shape index (κ3) is 4.44. The maximum atomic E-state index is 12.6. The Labute approximate surface area is 169 Å². The minimum Gasteiger partial charge on any atom is -0.324 e. The Morgan fingerprint density at radius 1 is 1.14 bits per heavy atom. The van der Waals surface area contributed by atoms with Gasteiger partial charge in [0, 0.05) is 18.1 Å². The standard InChI is InChI=1S/C22H22N4OS/c1-15(2)17-8-10-19(11-9-17)26-13-12-24-22(26)28-16(3)21(27)25-20-7-5-4-6-18(20)14-23/h4-13,15-16H,1-3H3,(H,25,27)/t16-/m1/s1. The molecule has 0 unspecified atom stereocenters. The zero-order valence-corrected chi connectivity index (χ0v) is 16.9. The molecule has 1 aromatic heterocycles. The topological polar surface area (TPSA) is 70.7 Å². The van der Waals surface area contributed by atoms with Gasteiger partial charge in [0.1, 0.15) is 6.07 Å². The van der Waals surface area contributed by atoms with Crippen molar-refractivity contribution in [3.63, 3.8) is 0 Å². The number of benzene rings is 2. The molecule has 6 heteroatoms. The predicted molar refractivity (Wildman–Crippen MR) is 113 cm³/mol. The number of nitriles is 1. The molecule has 2 aromatic carbocycles. The molecule has 0 fully saturated rings. The van der Waals surface area contributed by atoms with Crippen LogP contribution in [0.5, 0.6) is 0 Å². The van der Waals surface area contributed by atoms with Crippen LogP contribution in [0.1, 0.15) is 37.8 Å². The van der Waals surface area contributed by atoms with E-state index in [1.807, 2.05) is 17.7 Å². The van der Waals surface area contributed by atoms with Crippen LogP contribution < -0.4 is 5.32 Å². The number of hydrogen-bond donors (Lipinski definition) is 1. The first-order valence-electron chi connectivity index (χ1n) is 9.10. The first kappa shape index (κ1) is 19.7. The van der Waals surface area contributed by atoms with Crippen LogP contribution in [0, 0.1) is 11.3 Å². The van der Waals surface area contributed by atoms with Crippen molar-refractivity contribution in [3.8, 4) is 11.8 Å². The smallest absolute Gasteiger partial charge is 0.237 e. The van der Waals surface area contributed by atoms with Crippen LogP contribution >= 0.6 is 11.8 Å². The minimum atomic E-state index is -0.372. The molecule has 3 rings (SSSR count). The van der Waals surface area contributed by atoms with E-state index in [4.69, 9.17) is 0 Å². The van der Waals surface area contributed by atoms with Crippen molar-refractivity contribution in [2.45, 2.75) is 37.1 Å². The van der Waals surface area contributed by atoms with Gasteiger partial charge in [-0.1, -0.05) is 49.9 Å². The fourth-order valence-corrected chi connectivity index (χ4v) is 3.61. The summed E-state index contributed by atoms with van der Waals surface area (Å²) in [5.74, 6) is 0.308. The second-order valence-electron chi connectivity index (χ2n) is 6.73. The van der Waals surface area contributed by atoms with Crippen LogP contribution in [0.3, 0.4) is 0 Å². The maximum Gasteiger partial charge on any atom is 0.237 e. The quantitative estimate of drug-likeness (QED) is 0.602. The lowest BCUT2D eigenvalue weighted by atomic mass is 10.0. The van der Waals surface area contributed by atoms with Gasteiger partial charge in [-0.2, -0.15) is 5.26 Å². The van der Waals surface area contributed by atoms with Crippen molar-refractivity contribution >= 4 is 23.4 Å². The lowest BCUT2D eigenvalue weighted by Crippen LogP contribution is -2.23. The molecule has 1 amide bonds. The van der Waals surface area contributed by atoms with E-state index >= 15 is 0 Å². The van der Waals surface area contributed by atoms with Crippen LogP contribution in [0.15, 0.2) is 66.1 Å². The molecular formula is C22H22N4OS. The molecule has 1 heterocycles. The van der Waals surface area contributed by atoms with E-state index in [1.54, 1.807) is 30.5 Å². The molecule has 0 saturated carbocycles. The Hall–Kier alpha value is -3.04. The normalized spacial score (nSPS) is 11.8. The molecular weight excluding hydrogens is 368 g/mol. The molecule has 0 saturated heterocycles. The zero-order valence-electron chi connectivity index (χ0n) is 16.1. The Balaban J connectivity index is 1.73. The van der Waals surface area contributed by atoms with Gasteiger partial charge in [0.2, 0.25) is 5.91 Å². The Kier molecular flexibility index (Phi) is 6.17. The molecule has 0 aliphatic heterocycles. The number of para-hydroxylation sites is 1. The van der Waals surface area contributed by atoms with Crippen LogP contribution in [-0.2, 0) is 4.79 Å². The third-order valence-electron chi connectivity index (χ3n) is 4.40. The lowest BCUT2D eigenvalue weighted by Gasteiger charge is -2.14. The highest BCUT2D eigenvalue weighted by atomic mass is 32.2. The second kappa shape index (κ2) is 8.77. The number of amides is 1. The first-order valence-corrected chi connectivity index (χ1v) is 9.98. The van der Waals surface area contributed by atoms with Crippen molar-refractivity contribution in [1.29, 1.82) is 5.26 Å². The van der Waals surface area contributed by atoms with Gasteiger partial charge >= 0.3 is 0 Å². The van der Waals surface area contributed by atoms with E-state index in [0.29, 0.717) is 17.2 Å². The third-order valence-corrected chi connectivity index (χ3v) is 5.48. The molecule has 0 aliphatic carbocycles. The number of rotatable bonds is 6. The summed E-state index contributed by atoms with van der Waals surface area (Å²) >= 11 is 1.38. The highest BCUT2D eigenvalue weighted by Crippen LogP contribution is 2.26. The molecule has 142 valence electrons. The fourth-order valence-electron chi connectivity index (χ4n) is 2.73. The summed E-state index contributed by atoms with van der Waals surface area (Å²) in [7, 11) is 0. The summed E-state index contributed by atoms with van der Waals surface area (Å²) in [5, 5.41) is 12.4. The number of carbonyl (C=O) groups excluding carboxylic acids is 1. The highest BCUT2D eigenvalue weighted by molar-refractivity contribution is 8.00. The summed E-state index contributed by atoms with van der Waals surface area (Å²) in [6.07, 6.45) is 3.62. The molecule has 0 spiro atoms. The minimum absolute atomic E-state index is 0.169. The van der Waals surface area contributed by atoms with E-state index in [-0.39, 0.29) is 11.2 Å². The fraction of sp³-hybridized carbons (Fsp3) is 0.227. The summed E-state index contributed by atoms with van der Waals surface area (Å²) in [4.78, 5) is 17.0. The summed E-state index contributed by atoms with van der Waals surface area (Å²) in [6, 6.07) is 17.4. The van der Waals surface area contributed by atoms with Crippen molar-refractivity contribution < 1.29 is 4.79 Å². The van der Waals surface area contributed by atoms with Gasteiger partial charge in [-0.25, -0.2) is 4.98 Å². The highest BCUT2D eigenvalue weighted by Gasteiger charge is 2.19. The predicted octanol–water partition coefficient (Wildman–Crippen LogP) is 4.99. The van der Waals surface area contributed by atoms with Crippen molar-refractivity contribution in [1.82, 2.24) is 9.55 Å². The molecule has 3 aromatic rings. The van der Waals surface area contributed by atoms with E-state index in [1.165, 1.54) is 17.3 Å². The number of nitrogens with one attached hydrogen (secondary N) is 1. The molecule has 1 N–H and O–H groups in total. The largest absolute Gasteiger partial charge is 0.324 e. The van der Waals surface area contributed by atoms with E-state index in [2.05, 4.69) is 54.5 Å². The second-order valence-corrected chi connectivity index (χ2v) is 8.04. The van der Waals surface area contributed by atoms with Crippen LogP contribution in [0.25, 0.3) is 5.69 Å². The van der Waals surface area contributed by atoms with E-state index < -0.39 is 0 Å². The molecule has 0 aliphatic rings. The monoisotopic (exact) mass is 390 g/mol. The summed E-state index contributed by atoms with van der Waals surface area (Å²) < 4.78 is 1.97. The van der Waals surface area contributed by atoms with Crippen LogP contribution in [-0.4, -0.2) is 20.7 Å². The van der Waals surface area contributed by atoms with Crippen LogP contribution in [0.2, 0.25) is 0 Å². The van der Waals surface area contributed by atoms with Crippen LogP contribution in [0.4, 0.5) is 5.69 Å². The number of anilines is 1. The maximum absolute atomic E-state index is 12.6. The Morgan fingerprint density at radius 3 is 2.54 bits per heavy atom. The number of nitrogens with zero attached hydrogens (tertiary/aromatic N) is 3. The van der Waals surface area contributed by atoms with Crippen molar-refractivity contribution in [2.75, 3.05) is 5.32 Å². The van der Waals surface area contributed by atoms with Gasteiger partial charge < -0.3 is 5.32 Å². The number of carbonyl (C=O) groups is 1. The van der Waals surface area contributed by atoms with Gasteiger partial charge in [0.05, 0.1) is 16.5 Å². The zero-order chi connectivity index (χ0) is 20.1. The Morgan fingerprint density at radius 2 is 1.86 bits per heavy atom. The number of hydrogen-bond acceptors (Lipinski definition) is 4. The Bertz CT molecular complexity index is 1000. The molecule has 0 radical (unpaired) electrons. The van der Waals surface area contributed by atoms with Gasteiger partial charge in [0.15, 0.2) is 5.16 Å². The van der Waals surface area contributed by atoms with Gasteiger partial charge in [0.25, 0.3) is 0 Å². The van der Waals surface area contributed by atoms with Crippen molar-refractivity contribution in [2.24, 2.45) is 0 Å². The first-order chi connectivity index (χ1) is 13.5. The SMILES string of the molecule is CC(C)c1ccc(-n2ccnc2S[C@H](C)C(=O)Nc2ccccc2C#N)cc1. The molecule has 5 nitrogen and oxygen atoms in total. The van der Waals surface area contributed by atoms with E-state index in [0.717, 1.165) is 10.8 Å². The molecule has 0 bridgehead atoms. The van der Waals surface area contributed by atoms with Gasteiger partial charge in [-0.3, -0.25) is 9.36 Å². The lowest BCUT2D eigenvalue weighted by molar-refractivity contribution is -0.115. The average molecular weight is 391 g/mol. The average Bonchev–Trinajstić information content (AvgIpc) is 3.16. The number of thioether (sulfide) groups is 1.